The Morgan fingerprint density at radius 3 is 1.50 bits per heavy atom. The van der Waals surface area contributed by atoms with E-state index in [0.29, 0.717) is 0 Å². The maximum atomic E-state index is 9.89. The molecule has 2 atom stereocenters. The summed E-state index contributed by atoms with van der Waals surface area (Å²) in [6.45, 7) is 0. The van der Waals surface area contributed by atoms with Gasteiger partial charge < -0.3 is 14.9 Å². The average molecular weight is 171 g/mol. The van der Waals surface area contributed by atoms with Crippen molar-refractivity contribution < 1.29 is 24.5 Å². The van der Waals surface area contributed by atoms with Crippen LogP contribution in [0.1, 0.15) is 0 Å². The Morgan fingerprint density at radius 1 is 1.10 bits per heavy atom. The largest absolute Gasteiger partial charge is 0.479 e. The molecule has 0 amide bonds. The number of hydrogen-bond donors (Lipinski definition) is 2. The van der Waals surface area contributed by atoms with E-state index >= 15 is 0 Å². The predicted octanol–water partition coefficient (Wildman–Crippen LogP) is -1.46. The van der Waals surface area contributed by atoms with Gasteiger partial charge in [-0.3, -0.25) is 0 Å². The average Bonchev–Trinajstić information content (AvgIpc) is 2.39. The third-order valence-electron chi connectivity index (χ3n) is 0.978. The first-order valence-corrected chi connectivity index (χ1v) is 2.24. The van der Waals surface area contributed by atoms with E-state index in [9.17, 15) is 9.59 Å². The molecule has 0 aromatic heterocycles. The predicted molar refractivity (Wildman–Crippen MR) is 29.7 cm³/mol. The molecule has 0 saturated carbocycles. The molecule has 10 heavy (non-hydrogen) atoms. The Morgan fingerprint density at radius 2 is 1.40 bits per heavy atom. The van der Waals surface area contributed by atoms with Gasteiger partial charge >= 0.3 is 11.9 Å². The van der Waals surface area contributed by atoms with Crippen LogP contribution in [0.2, 0.25) is 0 Å². The van der Waals surface area contributed by atoms with E-state index in [1.54, 1.807) is 0 Å². The molecule has 1 saturated heterocycles. The molecule has 1 heterocycles. The second-order valence-electron chi connectivity index (χ2n) is 1.65. The van der Waals surface area contributed by atoms with Gasteiger partial charge in [0.1, 0.15) is 0 Å². The standard InChI is InChI=1S/C4H4O5.K/c5-3(6)1-2(9-1)4(7)8;/h1-2H,(H,5,6)(H,7,8);. The molecule has 1 aliphatic rings. The molecular formula is C4H4KO5. The van der Waals surface area contributed by atoms with Gasteiger partial charge in [0.05, 0.1) is 0 Å². The van der Waals surface area contributed by atoms with Crippen LogP contribution in [0.4, 0.5) is 0 Å². The van der Waals surface area contributed by atoms with Gasteiger partial charge in [0.15, 0.2) is 12.2 Å². The van der Waals surface area contributed by atoms with Crippen LogP contribution in [0.5, 0.6) is 0 Å². The van der Waals surface area contributed by atoms with Gasteiger partial charge in [-0.2, -0.15) is 0 Å². The third kappa shape index (κ3) is 2.29. The molecule has 0 bridgehead atoms. The van der Waals surface area contributed by atoms with E-state index in [1.165, 1.54) is 0 Å². The van der Waals surface area contributed by atoms with Gasteiger partial charge in [0.25, 0.3) is 0 Å². The summed E-state index contributed by atoms with van der Waals surface area (Å²) in [5.41, 5.74) is 0. The topological polar surface area (TPSA) is 87.1 Å². The summed E-state index contributed by atoms with van der Waals surface area (Å²) in [6, 6.07) is 0. The number of hydrogen-bond acceptors (Lipinski definition) is 3. The normalized spacial score (nSPS) is 28.4. The van der Waals surface area contributed by atoms with Crippen LogP contribution >= 0.6 is 0 Å². The molecule has 2 N–H and O–H groups in total. The Hall–Kier alpha value is 0.536. The Kier molecular flexibility index (Phi) is 4.00. The van der Waals surface area contributed by atoms with Crippen molar-refractivity contribution in [1.82, 2.24) is 0 Å². The number of rotatable bonds is 2. The molecule has 0 aliphatic carbocycles. The Labute approximate surface area is 98.8 Å². The number of epoxide rings is 1. The van der Waals surface area contributed by atoms with E-state index in [1.807, 2.05) is 0 Å². The summed E-state index contributed by atoms with van der Waals surface area (Å²) < 4.78 is 4.24. The fourth-order valence-corrected chi connectivity index (χ4v) is 0.488. The molecule has 5 nitrogen and oxygen atoms in total. The van der Waals surface area contributed by atoms with Crippen molar-refractivity contribution in [2.45, 2.75) is 12.2 Å². The molecule has 6 heteroatoms. The van der Waals surface area contributed by atoms with E-state index < -0.39 is 24.1 Å². The van der Waals surface area contributed by atoms with Crippen molar-refractivity contribution in [3.8, 4) is 0 Å². The van der Waals surface area contributed by atoms with Crippen LogP contribution in [0, 0.1) is 0 Å². The SMILES string of the molecule is O=C(O)C1OC1C(=O)O.[K]. The fraction of sp³-hybridized carbons (Fsp3) is 0.500. The number of ether oxygens (including phenoxy) is 1. The minimum absolute atomic E-state index is 0. The van der Waals surface area contributed by atoms with Crippen molar-refractivity contribution in [3.63, 3.8) is 0 Å². The van der Waals surface area contributed by atoms with Crippen LogP contribution in [0.3, 0.4) is 0 Å². The van der Waals surface area contributed by atoms with Gasteiger partial charge in [-0.15, -0.1) is 0 Å². The molecule has 1 fully saturated rings. The summed E-state index contributed by atoms with van der Waals surface area (Å²) in [5.74, 6) is -2.44. The summed E-state index contributed by atoms with van der Waals surface area (Å²) in [5, 5.41) is 16.2. The van der Waals surface area contributed by atoms with Crippen molar-refractivity contribution in [1.29, 1.82) is 0 Å². The van der Waals surface area contributed by atoms with E-state index in [2.05, 4.69) is 4.74 Å². The maximum Gasteiger partial charge on any atom is 0.336 e. The van der Waals surface area contributed by atoms with Gasteiger partial charge in [0, 0.05) is 51.4 Å². The van der Waals surface area contributed by atoms with Crippen molar-refractivity contribution >= 4 is 63.3 Å². The number of carboxylic acid groups (broad SMARTS) is 2. The second kappa shape index (κ2) is 3.79. The first kappa shape index (κ1) is 10.5. The number of aliphatic carboxylic acids is 2. The van der Waals surface area contributed by atoms with Crippen molar-refractivity contribution in [3.05, 3.63) is 0 Å². The Bertz CT molecular complexity index is 149. The molecule has 1 radical (unpaired) electrons. The molecule has 51 valence electrons. The van der Waals surface area contributed by atoms with Crippen LogP contribution in [-0.2, 0) is 14.3 Å². The maximum absolute atomic E-state index is 9.89. The molecular weight excluding hydrogens is 167 g/mol. The zero-order valence-corrected chi connectivity index (χ0v) is 8.40. The smallest absolute Gasteiger partial charge is 0.336 e. The minimum atomic E-state index is -1.22. The molecule has 0 aromatic rings. The number of carbonyl (C=O) groups is 2. The summed E-state index contributed by atoms with van der Waals surface area (Å²) in [7, 11) is 0. The quantitative estimate of drug-likeness (QED) is 0.391. The van der Waals surface area contributed by atoms with Crippen molar-refractivity contribution in [2.75, 3.05) is 0 Å². The van der Waals surface area contributed by atoms with E-state index in [4.69, 9.17) is 10.2 Å². The first-order chi connectivity index (χ1) is 4.13. The van der Waals surface area contributed by atoms with Crippen LogP contribution in [0.25, 0.3) is 0 Å². The van der Waals surface area contributed by atoms with Crippen LogP contribution in [-0.4, -0.2) is 85.7 Å². The fourth-order valence-electron chi connectivity index (χ4n) is 0.488. The van der Waals surface area contributed by atoms with Gasteiger partial charge in [-0.25, -0.2) is 9.59 Å². The molecule has 2 unspecified atom stereocenters. The summed E-state index contributed by atoms with van der Waals surface area (Å²) in [4.78, 5) is 19.8. The Balaban J connectivity index is 0.000000810. The van der Waals surface area contributed by atoms with Crippen molar-refractivity contribution in [2.24, 2.45) is 0 Å². The zero-order valence-electron chi connectivity index (χ0n) is 5.27. The second-order valence-corrected chi connectivity index (χ2v) is 1.65. The van der Waals surface area contributed by atoms with E-state index in [0.717, 1.165) is 0 Å². The van der Waals surface area contributed by atoms with Crippen LogP contribution in [0.15, 0.2) is 0 Å². The third-order valence-corrected chi connectivity index (χ3v) is 0.978. The summed E-state index contributed by atoms with van der Waals surface area (Å²) >= 11 is 0. The van der Waals surface area contributed by atoms with Gasteiger partial charge in [-0.1, -0.05) is 0 Å². The first-order valence-electron chi connectivity index (χ1n) is 2.24. The van der Waals surface area contributed by atoms with Gasteiger partial charge in [0.2, 0.25) is 0 Å². The van der Waals surface area contributed by atoms with E-state index in [-0.39, 0.29) is 51.4 Å². The zero-order chi connectivity index (χ0) is 7.02. The van der Waals surface area contributed by atoms with Crippen LogP contribution < -0.4 is 0 Å². The monoisotopic (exact) mass is 171 g/mol. The molecule has 0 aromatic carbocycles. The summed E-state index contributed by atoms with van der Waals surface area (Å²) in [6.07, 6.45) is -2.25. The molecule has 1 aliphatic heterocycles. The van der Waals surface area contributed by atoms with Gasteiger partial charge in [-0.05, 0) is 0 Å². The number of carboxylic acids is 2. The molecule has 1 rings (SSSR count). The molecule has 0 spiro atoms. The minimum Gasteiger partial charge on any atom is -0.479 e.